The maximum atomic E-state index is 12.3. The summed E-state index contributed by atoms with van der Waals surface area (Å²) in [6, 6.07) is 0. The maximum Gasteiger partial charge on any atom is 0.274 e. The second-order valence-electron chi connectivity index (χ2n) is 5.43. The van der Waals surface area contributed by atoms with Gasteiger partial charge in [0, 0.05) is 39.3 Å². The zero-order valence-electron chi connectivity index (χ0n) is 11.5. The summed E-state index contributed by atoms with van der Waals surface area (Å²) in [6.45, 7) is 5.10. The normalized spacial score (nSPS) is 24.2. The van der Waals surface area contributed by atoms with Gasteiger partial charge in [-0.15, -0.1) is 0 Å². The number of anilines is 1. The molecule has 1 amide bonds. The molecule has 2 aliphatic heterocycles. The highest BCUT2D eigenvalue weighted by Gasteiger charge is 2.26. The van der Waals surface area contributed by atoms with Crippen molar-refractivity contribution in [1.29, 1.82) is 0 Å². The van der Waals surface area contributed by atoms with E-state index < -0.39 is 0 Å². The summed E-state index contributed by atoms with van der Waals surface area (Å²) < 4.78 is 5.65. The number of ether oxygens (including phenoxy) is 1. The number of nitrogens with two attached hydrogens (primary N) is 1. The Bertz CT molecular complexity index is 461. The lowest BCUT2D eigenvalue weighted by atomic mass is 10.2. The highest BCUT2D eigenvalue weighted by molar-refractivity contribution is 5.97. The summed E-state index contributed by atoms with van der Waals surface area (Å²) in [6.07, 6.45) is 4.17. The average molecular weight is 279 g/mol. The van der Waals surface area contributed by atoms with Crippen LogP contribution in [0.1, 0.15) is 23.3 Å². The van der Waals surface area contributed by atoms with Gasteiger partial charge in [-0.25, -0.2) is 0 Å². The molecule has 7 heteroatoms. The van der Waals surface area contributed by atoms with Crippen molar-refractivity contribution in [3.8, 4) is 0 Å². The molecule has 2 fully saturated rings. The third-order valence-corrected chi connectivity index (χ3v) is 4.03. The minimum absolute atomic E-state index is 0.0585. The molecule has 1 aromatic heterocycles. The van der Waals surface area contributed by atoms with E-state index in [9.17, 15) is 4.79 Å². The first kappa shape index (κ1) is 13.4. The fourth-order valence-corrected chi connectivity index (χ4v) is 2.83. The van der Waals surface area contributed by atoms with Crippen molar-refractivity contribution in [3.63, 3.8) is 0 Å². The van der Waals surface area contributed by atoms with Gasteiger partial charge in [-0.3, -0.25) is 14.8 Å². The van der Waals surface area contributed by atoms with Gasteiger partial charge in [0.05, 0.1) is 18.0 Å². The van der Waals surface area contributed by atoms with Crippen LogP contribution in [-0.2, 0) is 4.74 Å². The number of aromatic amines is 1. The third-order valence-electron chi connectivity index (χ3n) is 4.03. The molecule has 1 unspecified atom stereocenters. The summed E-state index contributed by atoms with van der Waals surface area (Å²) in [5, 5.41) is 6.47. The van der Waals surface area contributed by atoms with Crippen LogP contribution in [-0.4, -0.2) is 71.3 Å². The van der Waals surface area contributed by atoms with Crippen LogP contribution in [0.2, 0.25) is 0 Å². The lowest BCUT2D eigenvalue weighted by Gasteiger charge is -2.35. The lowest BCUT2D eigenvalue weighted by Crippen LogP contribution is -2.50. The molecular weight excluding hydrogens is 258 g/mol. The number of nitrogen functional groups attached to an aromatic ring is 1. The van der Waals surface area contributed by atoms with E-state index in [1.807, 2.05) is 4.90 Å². The number of H-pyrrole nitrogens is 1. The van der Waals surface area contributed by atoms with E-state index >= 15 is 0 Å². The number of carbonyl (C=O) groups excluding carboxylic acids is 1. The molecule has 2 aliphatic rings. The smallest absolute Gasteiger partial charge is 0.274 e. The minimum atomic E-state index is -0.0585. The zero-order valence-corrected chi connectivity index (χ0v) is 11.5. The Labute approximate surface area is 118 Å². The highest BCUT2D eigenvalue weighted by atomic mass is 16.5. The van der Waals surface area contributed by atoms with Crippen LogP contribution in [0.3, 0.4) is 0 Å². The van der Waals surface area contributed by atoms with Gasteiger partial charge in [0.25, 0.3) is 5.91 Å². The molecule has 0 aromatic carbocycles. The van der Waals surface area contributed by atoms with Crippen LogP contribution in [0.25, 0.3) is 0 Å². The molecule has 3 rings (SSSR count). The van der Waals surface area contributed by atoms with Crippen LogP contribution in [0.15, 0.2) is 6.20 Å². The number of aromatic nitrogens is 2. The van der Waals surface area contributed by atoms with Crippen molar-refractivity contribution < 1.29 is 9.53 Å². The predicted molar refractivity (Wildman–Crippen MR) is 74.3 cm³/mol. The van der Waals surface area contributed by atoms with Gasteiger partial charge in [-0.1, -0.05) is 0 Å². The molecule has 0 aliphatic carbocycles. The summed E-state index contributed by atoms with van der Waals surface area (Å²) in [7, 11) is 0. The van der Waals surface area contributed by atoms with Crippen LogP contribution in [0, 0.1) is 0 Å². The number of piperazine rings is 1. The quantitative estimate of drug-likeness (QED) is 0.808. The Morgan fingerprint density at radius 3 is 2.85 bits per heavy atom. The molecule has 0 bridgehead atoms. The Morgan fingerprint density at radius 1 is 1.45 bits per heavy atom. The topological polar surface area (TPSA) is 87.5 Å². The summed E-state index contributed by atoms with van der Waals surface area (Å²) in [4.78, 5) is 16.5. The Balaban J connectivity index is 1.50. The monoisotopic (exact) mass is 279 g/mol. The molecule has 3 heterocycles. The van der Waals surface area contributed by atoms with Crippen molar-refractivity contribution >= 4 is 11.6 Å². The summed E-state index contributed by atoms with van der Waals surface area (Å²) in [5.41, 5.74) is 6.53. The fourth-order valence-electron chi connectivity index (χ4n) is 2.83. The second-order valence-corrected chi connectivity index (χ2v) is 5.43. The fraction of sp³-hybridized carbons (Fsp3) is 0.692. The summed E-state index contributed by atoms with van der Waals surface area (Å²) in [5.74, 6) is -0.0585. The molecule has 2 saturated heterocycles. The maximum absolute atomic E-state index is 12.3. The highest BCUT2D eigenvalue weighted by Crippen LogP contribution is 2.16. The van der Waals surface area contributed by atoms with Crippen molar-refractivity contribution in [2.75, 3.05) is 45.1 Å². The first-order chi connectivity index (χ1) is 9.74. The largest absolute Gasteiger partial charge is 0.396 e. The van der Waals surface area contributed by atoms with E-state index in [0.717, 1.165) is 45.8 Å². The van der Waals surface area contributed by atoms with E-state index in [4.69, 9.17) is 10.5 Å². The molecule has 110 valence electrons. The van der Waals surface area contributed by atoms with Crippen molar-refractivity contribution in [2.45, 2.75) is 18.9 Å². The van der Waals surface area contributed by atoms with Gasteiger partial charge < -0.3 is 15.4 Å². The summed E-state index contributed by atoms with van der Waals surface area (Å²) >= 11 is 0. The number of nitrogens with one attached hydrogen (secondary N) is 1. The van der Waals surface area contributed by atoms with Gasteiger partial charge in [0.2, 0.25) is 0 Å². The van der Waals surface area contributed by atoms with E-state index in [0.29, 0.717) is 17.5 Å². The molecular formula is C13H21N5O2. The number of hydrogen-bond acceptors (Lipinski definition) is 5. The molecule has 3 N–H and O–H groups in total. The van der Waals surface area contributed by atoms with E-state index in [2.05, 4.69) is 15.1 Å². The molecule has 1 atom stereocenters. The van der Waals surface area contributed by atoms with Gasteiger partial charge >= 0.3 is 0 Å². The van der Waals surface area contributed by atoms with Crippen LogP contribution >= 0.6 is 0 Å². The molecule has 0 radical (unpaired) electrons. The van der Waals surface area contributed by atoms with Crippen molar-refractivity contribution in [3.05, 3.63) is 11.9 Å². The van der Waals surface area contributed by atoms with Crippen LogP contribution < -0.4 is 5.73 Å². The molecule has 7 nitrogen and oxygen atoms in total. The first-order valence-corrected chi connectivity index (χ1v) is 7.16. The number of amides is 1. The number of rotatable bonds is 3. The minimum Gasteiger partial charge on any atom is -0.396 e. The van der Waals surface area contributed by atoms with Crippen LogP contribution in [0.5, 0.6) is 0 Å². The Hall–Kier alpha value is -1.60. The van der Waals surface area contributed by atoms with Gasteiger partial charge in [-0.2, -0.15) is 5.10 Å². The average Bonchev–Trinajstić information content (AvgIpc) is 3.10. The predicted octanol–water partition coefficient (Wildman–Crippen LogP) is -0.0713. The van der Waals surface area contributed by atoms with Crippen LogP contribution in [0.4, 0.5) is 5.69 Å². The molecule has 0 saturated carbocycles. The van der Waals surface area contributed by atoms with Crippen molar-refractivity contribution in [1.82, 2.24) is 20.0 Å². The van der Waals surface area contributed by atoms with Gasteiger partial charge in [0.1, 0.15) is 5.69 Å². The Kier molecular flexibility index (Phi) is 3.88. The number of hydrogen-bond donors (Lipinski definition) is 2. The second kappa shape index (κ2) is 5.80. The van der Waals surface area contributed by atoms with Gasteiger partial charge in [-0.05, 0) is 12.8 Å². The molecule has 1 aromatic rings. The third kappa shape index (κ3) is 2.78. The SMILES string of the molecule is Nc1cn[nH]c1C(=O)N1CCN(CC2CCCO2)CC1. The number of nitrogens with zero attached hydrogens (tertiary/aromatic N) is 3. The van der Waals surface area contributed by atoms with Gasteiger partial charge in [0.15, 0.2) is 0 Å². The lowest BCUT2D eigenvalue weighted by molar-refractivity contribution is 0.0430. The molecule has 20 heavy (non-hydrogen) atoms. The van der Waals surface area contributed by atoms with E-state index in [1.165, 1.54) is 12.6 Å². The zero-order chi connectivity index (χ0) is 13.9. The first-order valence-electron chi connectivity index (χ1n) is 7.16. The van der Waals surface area contributed by atoms with E-state index in [1.54, 1.807) is 0 Å². The number of carbonyl (C=O) groups is 1. The standard InChI is InChI=1S/C13H21N5O2/c14-11-8-15-16-12(11)13(19)18-5-3-17(4-6-18)9-10-2-1-7-20-10/h8,10H,1-7,9,14H2,(H,15,16). The van der Waals surface area contributed by atoms with E-state index in [-0.39, 0.29) is 5.91 Å². The Morgan fingerprint density at radius 2 is 2.25 bits per heavy atom. The van der Waals surface area contributed by atoms with Crippen molar-refractivity contribution in [2.24, 2.45) is 0 Å². The molecule has 0 spiro atoms.